The van der Waals surface area contributed by atoms with Crippen molar-refractivity contribution in [2.24, 2.45) is 0 Å². The molecule has 3 aromatic rings. The Balaban J connectivity index is 2.02. The topological polar surface area (TPSA) is 0 Å². The van der Waals surface area contributed by atoms with E-state index in [1.165, 1.54) is 21.9 Å². The Kier molecular flexibility index (Phi) is 4.04. The number of rotatable bonds is 2. The molecule has 0 bridgehead atoms. The van der Waals surface area contributed by atoms with Gasteiger partial charge in [-0.2, -0.15) is 0 Å². The normalized spacial score (nSPS) is 11.3. The van der Waals surface area contributed by atoms with Crippen molar-refractivity contribution in [3.63, 3.8) is 0 Å². The van der Waals surface area contributed by atoms with Gasteiger partial charge in [-0.1, -0.05) is 86.5 Å². The molecule has 0 unspecified atom stereocenters. The van der Waals surface area contributed by atoms with Crippen LogP contribution in [0.3, 0.4) is 0 Å². The molecule has 0 nitrogen and oxygen atoms in total. The minimum absolute atomic E-state index is 1.10. The second kappa shape index (κ2) is 5.94. The number of fused-ring (bicyclic) bond motifs is 1. The zero-order valence-electron chi connectivity index (χ0n) is 10.7. The fraction of sp³-hybridized carbons (Fsp3) is 0. The van der Waals surface area contributed by atoms with Crippen LogP contribution >= 0.6 is 31.9 Å². The van der Waals surface area contributed by atoms with Crippen molar-refractivity contribution in [1.29, 1.82) is 0 Å². The first-order valence-corrected chi connectivity index (χ1v) is 7.93. The highest BCUT2D eigenvalue weighted by Gasteiger charge is 2.00. The molecule has 0 aliphatic carbocycles. The Hall–Kier alpha value is -1.38. The molecule has 20 heavy (non-hydrogen) atoms. The maximum Gasteiger partial charge on any atom is 0.0254 e. The van der Waals surface area contributed by atoms with E-state index in [1.807, 2.05) is 12.1 Å². The van der Waals surface area contributed by atoms with Crippen molar-refractivity contribution < 1.29 is 0 Å². The number of hydrogen-bond acceptors (Lipinski definition) is 0. The van der Waals surface area contributed by atoms with Crippen LogP contribution < -0.4 is 0 Å². The summed E-state index contributed by atoms with van der Waals surface area (Å²) in [5.41, 5.74) is 2.35. The average Bonchev–Trinajstić information content (AvgIpc) is 2.46. The highest BCUT2D eigenvalue weighted by Crippen LogP contribution is 2.27. The molecular weight excluding hydrogens is 376 g/mol. The first-order valence-electron chi connectivity index (χ1n) is 6.35. The van der Waals surface area contributed by atoms with Crippen LogP contribution in [0, 0.1) is 0 Å². The second-order valence-electron chi connectivity index (χ2n) is 4.58. The summed E-state index contributed by atoms with van der Waals surface area (Å²) in [6.07, 6.45) is 4.26. The van der Waals surface area contributed by atoms with E-state index in [9.17, 15) is 0 Å². The Morgan fingerprint density at radius 2 is 1.20 bits per heavy atom. The number of benzene rings is 3. The van der Waals surface area contributed by atoms with Gasteiger partial charge in [0.1, 0.15) is 0 Å². The summed E-state index contributed by atoms with van der Waals surface area (Å²) >= 11 is 7.21. The largest absolute Gasteiger partial charge is 0.0616 e. The highest BCUT2D eigenvalue weighted by atomic mass is 79.9. The molecule has 0 saturated carbocycles. The fourth-order valence-corrected chi connectivity index (χ4v) is 3.06. The Labute approximate surface area is 135 Å². The maximum atomic E-state index is 3.65. The minimum atomic E-state index is 1.10. The molecule has 0 heterocycles. The Morgan fingerprint density at radius 1 is 0.600 bits per heavy atom. The quantitative estimate of drug-likeness (QED) is 0.438. The molecular formula is C18H12Br2. The van der Waals surface area contributed by atoms with E-state index in [4.69, 9.17) is 0 Å². The molecule has 2 heteroatoms. The van der Waals surface area contributed by atoms with Crippen molar-refractivity contribution >= 4 is 54.8 Å². The molecule has 0 amide bonds. The van der Waals surface area contributed by atoms with Crippen LogP contribution in [-0.4, -0.2) is 0 Å². The van der Waals surface area contributed by atoms with Crippen molar-refractivity contribution in [3.8, 4) is 0 Å². The first kappa shape index (κ1) is 13.6. The Morgan fingerprint density at radius 3 is 1.95 bits per heavy atom. The predicted molar refractivity (Wildman–Crippen MR) is 94.7 cm³/mol. The van der Waals surface area contributed by atoms with Crippen molar-refractivity contribution in [2.45, 2.75) is 0 Å². The van der Waals surface area contributed by atoms with Crippen LogP contribution in [-0.2, 0) is 0 Å². The predicted octanol–water partition coefficient (Wildman–Crippen LogP) is 6.54. The van der Waals surface area contributed by atoms with Crippen LogP contribution in [0.25, 0.3) is 22.9 Å². The lowest BCUT2D eigenvalue weighted by Gasteiger charge is -2.03. The van der Waals surface area contributed by atoms with Gasteiger partial charge in [0, 0.05) is 8.95 Å². The summed E-state index contributed by atoms with van der Waals surface area (Å²) in [6.45, 7) is 0. The van der Waals surface area contributed by atoms with Crippen LogP contribution in [0.1, 0.15) is 11.1 Å². The van der Waals surface area contributed by atoms with Crippen molar-refractivity contribution in [3.05, 3.63) is 80.7 Å². The van der Waals surface area contributed by atoms with Gasteiger partial charge in [-0.05, 0) is 40.1 Å². The monoisotopic (exact) mass is 386 g/mol. The summed E-state index contributed by atoms with van der Waals surface area (Å²) in [4.78, 5) is 0. The zero-order valence-corrected chi connectivity index (χ0v) is 13.9. The number of halogens is 2. The first-order chi connectivity index (χ1) is 9.74. The van der Waals surface area contributed by atoms with Crippen LogP contribution in [0.5, 0.6) is 0 Å². The summed E-state index contributed by atoms with van der Waals surface area (Å²) in [5.74, 6) is 0. The van der Waals surface area contributed by atoms with Crippen LogP contribution in [0.2, 0.25) is 0 Å². The van der Waals surface area contributed by atoms with E-state index < -0.39 is 0 Å². The summed E-state index contributed by atoms with van der Waals surface area (Å²) in [6, 6.07) is 21.0. The standard InChI is InChI=1S/C18H12Br2/c19-17-8-4-3-5-13(17)9-10-16-11-14-6-1-2-7-15(14)12-18(16)20/h1-12H/b10-9-. The second-order valence-corrected chi connectivity index (χ2v) is 6.28. The Bertz CT molecular complexity index is 788. The smallest absolute Gasteiger partial charge is 0.0254 e. The lowest BCUT2D eigenvalue weighted by Crippen LogP contribution is -1.79. The van der Waals surface area contributed by atoms with Gasteiger partial charge in [0.05, 0.1) is 0 Å². The van der Waals surface area contributed by atoms with E-state index in [2.05, 4.69) is 92.5 Å². The molecule has 0 fully saturated rings. The molecule has 0 atom stereocenters. The van der Waals surface area contributed by atoms with E-state index in [-0.39, 0.29) is 0 Å². The van der Waals surface area contributed by atoms with E-state index >= 15 is 0 Å². The molecule has 0 radical (unpaired) electrons. The van der Waals surface area contributed by atoms with E-state index in [0.717, 1.165) is 8.95 Å². The molecule has 98 valence electrons. The van der Waals surface area contributed by atoms with Gasteiger partial charge in [-0.3, -0.25) is 0 Å². The lowest BCUT2D eigenvalue weighted by atomic mass is 10.1. The zero-order chi connectivity index (χ0) is 13.9. The third-order valence-electron chi connectivity index (χ3n) is 3.21. The molecule has 0 N–H and O–H groups in total. The van der Waals surface area contributed by atoms with E-state index in [0.29, 0.717) is 0 Å². The summed E-state index contributed by atoms with van der Waals surface area (Å²) in [7, 11) is 0. The summed E-state index contributed by atoms with van der Waals surface area (Å²) in [5, 5.41) is 2.50. The third kappa shape index (κ3) is 2.87. The van der Waals surface area contributed by atoms with Crippen LogP contribution in [0.15, 0.2) is 69.6 Å². The number of hydrogen-bond donors (Lipinski definition) is 0. The SMILES string of the molecule is Brc1ccccc1/C=C\c1cc2ccccc2cc1Br. The third-order valence-corrected chi connectivity index (χ3v) is 4.62. The van der Waals surface area contributed by atoms with Gasteiger partial charge in [0.15, 0.2) is 0 Å². The van der Waals surface area contributed by atoms with Gasteiger partial charge in [-0.25, -0.2) is 0 Å². The van der Waals surface area contributed by atoms with Crippen molar-refractivity contribution in [2.75, 3.05) is 0 Å². The molecule has 0 saturated heterocycles. The molecule has 3 rings (SSSR count). The van der Waals surface area contributed by atoms with Crippen LogP contribution in [0.4, 0.5) is 0 Å². The van der Waals surface area contributed by atoms with Gasteiger partial charge >= 0.3 is 0 Å². The average molecular weight is 388 g/mol. The molecule has 3 aromatic carbocycles. The molecule has 0 aromatic heterocycles. The molecule has 0 aliphatic rings. The molecule has 0 aliphatic heterocycles. The summed E-state index contributed by atoms with van der Waals surface area (Å²) < 4.78 is 2.22. The van der Waals surface area contributed by atoms with Gasteiger partial charge in [0.2, 0.25) is 0 Å². The van der Waals surface area contributed by atoms with Gasteiger partial charge in [-0.15, -0.1) is 0 Å². The van der Waals surface area contributed by atoms with Gasteiger partial charge < -0.3 is 0 Å². The highest BCUT2D eigenvalue weighted by molar-refractivity contribution is 9.10. The molecule has 0 spiro atoms. The minimum Gasteiger partial charge on any atom is -0.0616 e. The lowest BCUT2D eigenvalue weighted by molar-refractivity contribution is 1.60. The fourth-order valence-electron chi connectivity index (χ4n) is 2.15. The van der Waals surface area contributed by atoms with Crippen molar-refractivity contribution in [1.82, 2.24) is 0 Å². The maximum absolute atomic E-state index is 3.65. The van der Waals surface area contributed by atoms with Gasteiger partial charge in [0.25, 0.3) is 0 Å². The van der Waals surface area contributed by atoms with E-state index in [1.54, 1.807) is 0 Å².